The lowest BCUT2D eigenvalue weighted by Gasteiger charge is -2.23. The van der Waals surface area contributed by atoms with Gasteiger partial charge in [-0.1, -0.05) is 84.8 Å². The van der Waals surface area contributed by atoms with Gasteiger partial charge in [-0.05, 0) is 67.3 Å². The number of aryl methyl sites for hydroxylation is 1. The van der Waals surface area contributed by atoms with Gasteiger partial charge in [0.1, 0.15) is 23.4 Å². The van der Waals surface area contributed by atoms with Crippen LogP contribution in [0.1, 0.15) is 67.0 Å². The molecule has 0 radical (unpaired) electrons. The van der Waals surface area contributed by atoms with Gasteiger partial charge in [-0.2, -0.15) is 0 Å². The molecule has 0 spiro atoms. The predicted octanol–water partition coefficient (Wildman–Crippen LogP) is 7.66. The Balaban J connectivity index is 1.37. The number of rotatable bonds is 11. The zero-order chi connectivity index (χ0) is 31.5. The zero-order valence-electron chi connectivity index (χ0n) is 25.5. The molecule has 10 heteroatoms. The van der Waals surface area contributed by atoms with E-state index in [2.05, 4.69) is 41.4 Å². The van der Waals surface area contributed by atoms with Crippen molar-refractivity contribution in [3.8, 4) is 11.5 Å². The molecule has 232 valence electrons. The highest BCUT2D eigenvalue weighted by Crippen LogP contribution is 2.45. The molecule has 1 amide bonds. The first kappa shape index (κ1) is 30.9. The quantitative estimate of drug-likeness (QED) is 0.0445. The summed E-state index contributed by atoms with van der Waals surface area (Å²) in [7, 11) is 0. The molecule has 6 rings (SSSR count). The third kappa shape index (κ3) is 6.62. The number of ketones is 1. The molecule has 1 N–H and O–H groups in total. The molecule has 3 heterocycles. The number of hydrogen-bond donors (Lipinski definition) is 1. The number of benzene rings is 3. The van der Waals surface area contributed by atoms with Gasteiger partial charge >= 0.3 is 5.91 Å². The summed E-state index contributed by atoms with van der Waals surface area (Å²) in [4.78, 5) is 28.8. The molecule has 2 aliphatic rings. The van der Waals surface area contributed by atoms with Gasteiger partial charge in [0.25, 0.3) is 5.78 Å². The Morgan fingerprint density at radius 3 is 2.71 bits per heavy atom. The van der Waals surface area contributed by atoms with E-state index in [1.54, 1.807) is 12.1 Å². The van der Waals surface area contributed by atoms with Crippen LogP contribution in [0.5, 0.6) is 11.5 Å². The highest BCUT2D eigenvalue weighted by atomic mass is 32.2. The third-order valence-corrected chi connectivity index (χ3v) is 10.0. The zero-order valence-corrected chi connectivity index (χ0v) is 27.1. The number of thioether (sulfide) groups is 1. The molecule has 8 nitrogen and oxygen atoms in total. The van der Waals surface area contributed by atoms with E-state index in [1.807, 2.05) is 44.2 Å². The summed E-state index contributed by atoms with van der Waals surface area (Å²) in [5.74, 6) is 0.296. The molecule has 3 aromatic carbocycles. The number of hydrogen-bond acceptors (Lipinski definition) is 9. The molecule has 2 atom stereocenters. The number of aromatic nitrogens is 2. The van der Waals surface area contributed by atoms with Gasteiger partial charge in [-0.25, -0.2) is 0 Å². The maximum Gasteiger partial charge on any atom is 0.301 e. The van der Waals surface area contributed by atoms with Crippen molar-refractivity contribution in [3.05, 3.63) is 100 Å². The van der Waals surface area contributed by atoms with E-state index in [4.69, 9.17) is 9.47 Å². The predicted molar refractivity (Wildman–Crippen MR) is 177 cm³/mol. The summed E-state index contributed by atoms with van der Waals surface area (Å²) in [5, 5.41) is 20.7. The van der Waals surface area contributed by atoms with E-state index >= 15 is 0 Å². The molecule has 0 saturated carbocycles. The smallest absolute Gasteiger partial charge is 0.301 e. The van der Waals surface area contributed by atoms with E-state index in [0.717, 1.165) is 36.1 Å². The van der Waals surface area contributed by atoms with E-state index in [0.29, 0.717) is 40.0 Å². The van der Waals surface area contributed by atoms with Crippen LogP contribution in [0.15, 0.2) is 76.6 Å². The van der Waals surface area contributed by atoms with Crippen LogP contribution in [0.25, 0.3) is 5.76 Å². The Bertz CT molecular complexity index is 1750. The molecule has 0 unspecified atom stereocenters. The number of unbranched alkanes of at least 4 members (excludes halogenated alkanes) is 2. The number of nitrogens with zero attached hydrogens (tertiary/aromatic N) is 3. The Labute approximate surface area is 271 Å². The normalized spacial score (nSPS) is 18.7. The van der Waals surface area contributed by atoms with Crippen LogP contribution >= 0.6 is 23.1 Å². The number of anilines is 1. The maximum atomic E-state index is 13.7. The van der Waals surface area contributed by atoms with Gasteiger partial charge in [-0.15, -0.1) is 10.2 Å². The highest BCUT2D eigenvalue weighted by Gasteiger charge is 2.48. The van der Waals surface area contributed by atoms with Crippen molar-refractivity contribution in [2.45, 2.75) is 68.7 Å². The monoisotopic (exact) mass is 641 g/mol. The summed E-state index contributed by atoms with van der Waals surface area (Å²) in [6.07, 6.45) is 3.79. The molecule has 2 aliphatic heterocycles. The minimum absolute atomic E-state index is 0.000829. The third-order valence-electron chi connectivity index (χ3n) is 7.89. The average molecular weight is 642 g/mol. The van der Waals surface area contributed by atoms with E-state index in [-0.39, 0.29) is 22.6 Å². The summed E-state index contributed by atoms with van der Waals surface area (Å²) >= 11 is 2.77. The van der Waals surface area contributed by atoms with Crippen molar-refractivity contribution in [2.75, 3.05) is 11.5 Å². The van der Waals surface area contributed by atoms with Crippen LogP contribution in [0.4, 0.5) is 5.13 Å². The van der Waals surface area contributed by atoms with Crippen molar-refractivity contribution in [3.63, 3.8) is 0 Å². The maximum absolute atomic E-state index is 13.7. The summed E-state index contributed by atoms with van der Waals surface area (Å²) in [6, 6.07) is 20.1. The van der Waals surface area contributed by atoms with Crippen LogP contribution in [-0.2, 0) is 21.8 Å². The molecular formula is C35H35N3O5S2. The van der Waals surface area contributed by atoms with Crippen molar-refractivity contribution in [2.24, 2.45) is 0 Å². The molecule has 1 saturated heterocycles. The van der Waals surface area contributed by atoms with Gasteiger partial charge < -0.3 is 14.6 Å². The van der Waals surface area contributed by atoms with Crippen molar-refractivity contribution >= 4 is 45.7 Å². The number of amides is 1. The van der Waals surface area contributed by atoms with Crippen LogP contribution in [0, 0.1) is 6.92 Å². The van der Waals surface area contributed by atoms with Gasteiger partial charge in [0.05, 0.1) is 18.2 Å². The van der Waals surface area contributed by atoms with E-state index < -0.39 is 17.7 Å². The molecule has 1 fully saturated rings. The standard InChI is InChI=1S/C35H35N3O5S2/c1-4-5-6-16-42-27-9-7-8-24(19-27)30-29(31(39)25-14-15-28-26(18-25)17-22(3)43-28)32(40)33(41)38(30)34-36-37-35(45-34)44-20-23-12-10-21(2)11-13-23/h7-15,18-19,22,30,39H,4-6,16-17,20H2,1-3H3/b31-29+/t22-,30+/m0/s1. The molecule has 4 aromatic rings. The topological polar surface area (TPSA) is 102 Å². The van der Waals surface area contributed by atoms with Crippen LogP contribution in [0.2, 0.25) is 0 Å². The number of carbonyl (C=O) groups is 2. The number of ether oxygens (including phenoxy) is 2. The van der Waals surface area contributed by atoms with E-state index in [9.17, 15) is 14.7 Å². The summed E-state index contributed by atoms with van der Waals surface area (Å²) < 4.78 is 12.5. The first-order chi connectivity index (χ1) is 21.8. The number of aliphatic hydroxyl groups is 1. The molecule has 1 aromatic heterocycles. The second kappa shape index (κ2) is 13.5. The largest absolute Gasteiger partial charge is 0.507 e. The number of carbonyl (C=O) groups excluding carboxylic acids is 2. The Kier molecular flexibility index (Phi) is 9.23. The summed E-state index contributed by atoms with van der Waals surface area (Å²) in [5.41, 5.74) is 4.36. The lowest BCUT2D eigenvalue weighted by atomic mass is 9.94. The lowest BCUT2D eigenvalue weighted by Crippen LogP contribution is -2.29. The molecule has 45 heavy (non-hydrogen) atoms. The fourth-order valence-electron chi connectivity index (χ4n) is 5.57. The fourth-order valence-corrected chi connectivity index (χ4v) is 7.40. The number of Topliss-reactive ketones (excluding diaryl/α,β-unsaturated/α-hetero) is 1. The fraction of sp³-hybridized carbons (Fsp3) is 0.314. The number of aliphatic hydroxyl groups excluding tert-OH is 1. The molecule has 0 aliphatic carbocycles. The summed E-state index contributed by atoms with van der Waals surface area (Å²) in [6.45, 7) is 6.73. The van der Waals surface area contributed by atoms with Crippen LogP contribution in [-0.4, -0.2) is 39.7 Å². The van der Waals surface area contributed by atoms with Crippen LogP contribution in [0.3, 0.4) is 0 Å². The Hall–Kier alpha value is -4.15. The second-order valence-corrected chi connectivity index (χ2v) is 13.6. The molecular weight excluding hydrogens is 607 g/mol. The second-order valence-electron chi connectivity index (χ2n) is 11.4. The minimum Gasteiger partial charge on any atom is -0.507 e. The van der Waals surface area contributed by atoms with Gasteiger partial charge in [0.2, 0.25) is 5.13 Å². The first-order valence-corrected chi connectivity index (χ1v) is 17.0. The van der Waals surface area contributed by atoms with Crippen molar-refractivity contribution in [1.82, 2.24) is 10.2 Å². The van der Waals surface area contributed by atoms with Gasteiger partial charge in [0, 0.05) is 17.7 Å². The van der Waals surface area contributed by atoms with Crippen molar-refractivity contribution in [1.29, 1.82) is 0 Å². The van der Waals surface area contributed by atoms with Crippen molar-refractivity contribution < 1.29 is 24.2 Å². The highest BCUT2D eigenvalue weighted by molar-refractivity contribution is 8.00. The van der Waals surface area contributed by atoms with Gasteiger partial charge in [-0.3, -0.25) is 14.5 Å². The van der Waals surface area contributed by atoms with Gasteiger partial charge in [0.15, 0.2) is 4.34 Å². The SMILES string of the molecule is CCCCCOc1cccc([C@@H]2/C(=C(\O)c3ccc4c(c3)C[C@H](C)O4)C(=O)C(=O)N2c2nnc(SCc3ccc(C)cc3)s2)c1. The Morgan fingerprint density at radius 2 is 1.91 bits per heavy atom. The average Bonchev–Trinajstić information content (AvgIpc) is 3.73. The van der Waals surface area contributed by atoms with E-state index in [1.165, 1.54) is 33.6 Å². The number of fused-ring (bicyclic) bond motifs is 1. The van der Waals surface area contributed by atoms with Crippen LogP contribution < -0.4 is 14.4 Å². The first-order valence-electron chi connectivity index (χ1n) is 15.2. The Morgan fingerprint density at radius 1 is 1.09 bits per heavy atom. The lowest BCUT2D eigenvalue weighted by molar-refractivity contribution is -0.132. The molecule has 0 bridgehead atoms. The minimum atomic E-state index is -0.921.